The molecule has 0 fully saturated rings. The highest BCUT2D eigenvalue weighted by Gasteiger charge is 2.05. The van der Waals surface area contributed by atoms with E-state index < -0.39 is 5.82 Å². The highest BCUT2D eigenvalue weighted by Crippen LogP contribution is 2.20. The molecule has 0 aliphatic carbocycles. The molecule has 0 saturated carbocycles. The molecule has 1 amide bonds. The van der Waals surface area contributed by atoms with Crippen LogP contribution in [0.4, 0.5) is 10.1 Å². The fourth-order valence-corrected chi connectivity index (χ4v) is 2.85. The number of anilines is 1. The molecule has 3 rings (SSSR count). The van der Waals surface area contributed by atoms with Crippen LogP contribution in [0.5, 0.6) is 0 Å². The Hall–Kier alpha value is -2.76. The fraction of sp³-hybridized carbons (Fsp3) is 0. The molecule has 0 saturated heterocycles. The zero-order chi connectivity index (χ0) is 18.5. The largest absolute Gasteiger partial charge is 0.332 e. The maximum Gasteiger partial charge on any atom is 0.250 e. The molecular formula is C20H14ClFN2OS. The van der Waals surface area contributed by atoms with Crippen molar-refractivity contribution in [1.29, 1.82) is 0 Å². The molecular weight excluding hydrogens is 371 g/mol. The van der Waals surface area contributed by atoms with Gasteiger partial charge in [0.1, 0.15) is 5.82 Å². The quantitative estimate of drug-likeness (QED) is 0.484. The van der Waals surface area contributed by atoms with Crippen LogP contribution in [-0.4, -0.2) is 11.0 Å². The number of nitrogens with one attached hydrogen (secondary N) is 2. The van der Waals surface area contributed by atoms with Crippen molar-refractivity contribution in [2.45, 2.75) is 0 Å². The number of rotatable bonds is 3. The van der Waals surface area contributed by atoms with Crippen LogP contribution in [0.1, 0.15) is 5.56 Å². The maximum atomic E-state index is 13.1. The van der Waals surface area contributed by atoms with Crippen molar-refractivity contribution < 1.29 is 9.18 Å². The minimum atomic E-state index is -0.523. The summed E-state index contributed by atoms with van der Waals surface area (Å²) in [7, 11) is 0. The van der Waals surface area contributed by atoms with Crippen LogP contribution in [0.3, 0.4) is 0 Å². The van der Waals surface area contributed by atoms with Crippen molar-refractivity contribution in [2.24, 2.45) is 0 Å². The summed E-state index contributed by atoms with van der Waals surface area (Å²) in [5.41, 5.74) is 1.42. The zero-order valence-electron chi connectivity index (χ0n) is 13.5. The van der Waals surface area contributed by atoms with Gasteiger partial charge in [-0.2, -0.15) is 0 Å². The van der Waals surface area contributed by atoms with Gasteiger partial charge in [-0.1, -0.05) is 54.1 Å². The molecule has 0 unspecified atom stereocenters. The molecule has 0 spiro atoms. The third-order valence-corrected chi connectivity index (χ3v) is 4.15. The second kappa shape index (κ2) is 8.08. The van der Waals surface area contributed by atoms with E-state index in [4.69, 9.17) is 23.8 Å². The standard InChI is InChI=1S/C20H14ClFN2OS/c21-17-12-15(9-10-18(17)22)23-20(26)24-19(25)11-8-14-6-3-5-13-4-1-2-7-16(13)14/h1-12H,(H2,23,24,25,26)/b11-8+. The van der Waals surface area contributed by atoms with Gasteiger partial charge < -0.3 is 5.32 Å². The van der Waals surface area contributed by atoms with Crippen molar-refractivity contribution in [2.75, 3.05) is 5.32 Å². The zero-order valence-corrected chi connectivity index (χ0v) is 15.1. The summed E-state index contributed by atoms with van der Waals surface area (Å²) in [5, 5.41) is 7.55. The molecule has 0 bridgehead atoms. The number of amides is 1. The van der Waals surface area contributed by atoms with Crippen LogP contribution >= 0.6 is 23.8 Å². The van der Waals surface area contributed by atoms with Crippen molar-refractivity contribution in [3.63, 3.8) is 0 Å². The first-order valence-corrected chi connectivity index (χ1v) is 8.54. The molecule has 0 aliphatic heterocycles. The average molecular weight is 385 g/mol. The maximum absolute atomic E-state index is 13.1. The summed E-state index contributed by atoms with van der Waals surface area (Å²) in [6.07, 6.45) is 3.14. The second-order valence-corrected chi connectivity index (χ2v) is 6.29. The van der Waals surface area contributed by atoms with Crippen LogP contribution in [0.2, 0.25) is 5.02 Å². The summed E-state index contributed by atoms with van der Waals surface area (Å²) in [5.74, 6) is -0.895. The Bertz CT molecular complexity index is 1010. The Morgan fingerprint density at radius 3 is 2.65 bits per heavy atom. The van der Waals surface area contributed by atoms with E-state index in [0.717, 1.165) is 16.3 Å². The smallest absolute Gasteiger partial charge is 0.250 e. The number of hydrogen-bond acceptors (Lipinski definition) is 2. The first kappa shape index (κ1) is 18.0. The molecule has 0 atom stereocenters. The van der Waals surface area contributed by atoms with Gasteiger partial charge in [0.05, 0.1) is 5.02 Å². The minimum absolute atomic E-state index is 0.0278. The first-order valence-electron chi connectivity index (χ1n) is 7.76. The summed E-state index contributed by atoms with van der Waals surface area (Å²) < 4.78 is 13.1. The van der Waals surface area contributed by atoms with Crippen LogP contribution in [0, 0.1) is 5.82 Å². The van der Waals surface area contributed by atoms with E-state index in [1.807, 2.05) is 42.5 Å². The molecule has 26 heavy (non-hydrogen) atoms. The van der Waals surface area contributed by atoms with Gasteiger partial charge in [-0.25, -0.2) is 4.39 Å². The number of halogens is 2. The molecule has 0 radical (unpaired) electrons. The van der Waals surface area contributed by atoms with Gasteiger partial charge in [-0.05, 0) is 52.8 Å². The lowest BCUT2D eigenvalue weighted by Crippen LogP contribution is -2.32. The topological polar surface area (TPSA) is 41.1 Å². The second-order valence-electron chi connectivity index (χ2n) is 5.47. The van der Waals surface area contributed by atoms with Crippen molar-refractivity contribution >= 4 is 57.4 Å². The highest BCUT2D eigenvalue weighted by atomic mass is 35.5. The van der Waals surface area contributed by atoms with E-state index in [1.165, 1.54) is 24.3 Å². The monoisotopic (exact) mass is 384 g/mol. The van der Waals surface area contributed by atoms with Gasteiger partial charge >= 0.3 is 0 Å². The summed E-state index contributed by atoms with van der Waals surface area (Å²) in [4.78, 5) is 12.1. The minimum Gasteiger partial charge on any atom is -0.332 e. The Kier molecular flexibility index (Phi) is 5.61. The van der Waals surface area contributed by atoms with Crippen molar-refractivity contribution in [1.82, 2.24) is 5.32 Å². The van der Waals surface area contributed by atoms with E-state index in [9.17, 15) is 9.18 Å². The normalized spacial score (nSPS) is 10.8. The molecule has 3 nitrogen and oxygen atoms in total. The van der Waals surface area contributed by atoms with Crippen LogP contribution in [0.15, 0.2) is 66.7 Å². The van der Waals surface area contributed by atoms with Gasteiger partial charge in [0, 0.05) is 11.8 Å². The van der Waals surface area contributed by atoms with Crippen LogP contribution in [0.25, 0.3) is 16.8 Å². The highest BCUT2D eigenvalue weighted by molar-refractivity contribution is 7.80. The summed E-state index contributed by atoms with van der Waals surface area (Å²) >= 11 is 10.8. The molecule has 0 aliphatic rings. The Labute approximate surface area is 160 Å². The number of hydrogen-bond donors (Lipinski definition) is 2. The summed E-state index contributed by atoms with van der Waals surface area (Å²) in [6, 6.07) is 17.9. The average Bonchev–Trinajstić information content (AvgIpc) is 2.63. The van der Waals surface area contributed by atoms with E-state index >= 15 is 0 Å². The Balaban J connectivity index is 1.65. The van der Waals surface area contributed by atoms with Crippen molar-refractivity contribution in [3.8, 4) is 0 Å². The Morgan fingerprint density at radius 1 is 1.08 bits per heavy atom. The lowest BCUT2D eigenvalue weighted by atomic mass is 10.0. The van der Waals surface area contributed by atoms with Crippen LogP contribution in [-0.2, 0) is 4.79 Å². The first-order chi connectivity index (χ1) is 12.5. The lowest BCUT2D eigenvalue weighted by molar-refractivity contribution is -0.115. The fourth-order valence-electron chi connectivity index (χ4n) is 2.45. The molecule has 0 aromatic heterocycles. The van der Waals surface area contributed by atoms with Gasteiger partial charge in [-0.3, -0.25) is 10.1 Å². The molecule has 3 aromatic carbocycles. The number of fused-ring (bicyclic) bond motifs is 1. The molecule has 2 N–H and O–H groups in total. The van der Waals surface area contributed by atoms with E-state index in [2.05, 4.69) is 10.6 Å². The van der Waals surface area contributed by atoms with E-state index in [0.29, 0.717) is 5.69 Å². The Morgan fingerprint density at radius 2 is 1.85 bits per heavy atom. The third-order valence-electron chi connectivity index (χ3n) is 3.65. The number of carbonyl (C=O) groups is 1. The van der Waals surface area contributed by atoms with Crippen molar-refractivity contribution in [3.05, 3.63) is 83.1 Å². The SMILES string of the molecule is O=C(/C=C/c1cccc2ccccc12)NC(=S)Nc1ccc(F)c(Cl)c1. The van der Waals surface area contributed by atoms with E-state index in [-0.39, 0.29) is 16.0 Å². The summed E-state index contributed by atoms with van der Waals surface area (Å²) in [6.45, 7) is 0. The number of benzene rings is 3. The van der Waals surface area contributed by atoms with Gasteiger partial charge in [-0.15, -0.1) is 0 Å². The van der Waals surface area contributed by atoms with Gasteiger partial charge in [0.2, 0.25) is 5.91 Å². The predicted octanol–water partition coefficient (Wildman–Crippen LogP) is 5.16. The molecule has 6 heteroatoms. The predicted molar refractivity (Wildman–Crippen MR) is 109 cm³/mol. The van der Waals surface area contributed by atoms with Crippen LogP contribution < -0.4 is 10.6 Å². The lowest BCUT2D eigenvalue weighted by Gasteiger charge is -2.08. The van der Waals surface area contributed by atoms with E-state index in [1.54, 1.807) is 6.08 Å². The number of thiocarbonyl (C=S) groups is 1. The number of carbonyl (C=O) groups excluding carboxylic acids is 1. The molecule has 3 aromatic rings. The third kappa shape index (κ3) is 4.45. The van der Waals surface area contributed by atoms with Gasteiger partial charge in [0.15, 0.2) is 5.11 Å². The molecule has 130 valence electrons. The van der Waals surface area contributed by atoms with Gasteiger partial charge in [0.25, 0.3) is 0 Å². The molecule has 0 heterocycles.